The van der Waals surface area contributed by atoms with Crippen LogP contribution in [0.5, 0.6) is 17.2 Å². The lowest BCUT2D eigenvalue weighted by Gasteiger charge is -2.25. The molecule has 0 bridgehead atoms. The van der Waals surface area contributed by atoms with Gasteiger partial charge in [-0.3, -0.25) is 0 Å². The zero-order chi connectivity index (χ0) is 17.1. The van der Waals surface area contributed by atoms with E-state index in [1.54, 1.807) is 30.3 Å². The molecule has 0 unspecified atom stereocenters. The minimum atomic E-state index is -3.77. The van der Waals surface area contributed by atoms with E-state index < -0.39 is 7.75 Å². The summed E-state index contributed by atoms with van der Waals surface area (Å²) in [6.45, 7) is 0. The van der Waals surface area contributed by atoms with Crippen LogP contribution in [0, 0.1) is 0 Å². The van der Waals surface area contributed by atoms with Crippen molar-refractivity contribution in [2.45, 2.75) is 0 Å². The topological polar surface area (TPSA) is 48.0 Å². The van der Waals surface area contributed by atoms with E-state index in [0.717, 1.165) is 12.2 Å². The third kappa shape index (κ3) is 3.31. The predicted octanol–water partition coefficient (Wildman–Crippen LogP) is 5.71. The molecular formula is C18H14NO4PS. The number of para-hydroxylation sites is 4. The standard InChI is InChI=1S/C18H14NO4PS/c20-24(21-15-9-3-1-4-10-15,22-16-11-5-2-6-12-16)19-17-13-7-8-14-18(17)23-25-19/h1-14H. The third-order valence-corrected chi connectivity index (χ3v) is 6.35. The monoisotopic (exact) mass is 371 g/mol. The summed E-state index contributed by atoms with van der Waals surface area (Å²) in [5, 5.41) is 0. The summed E-state index contributed by atoms with van der Waals surface area (Å²) >= 11 is 0.937. The van der Waals surface area contributed by atoms with Gasteiger partial charge in [-0.25, -0.2) is 4.57 Å². The van der Waals surface area contributed by atoms with Crippen LogP contribution in [0.25, 0.3) is 0 Å². The molecule has 0 atom stereocenters. The molecule has 0 amide bonds. The first-order valence-electron chi connectivity index (χ1n) is 7.58. The molecule has 0 spiro atoms. The summed E-state index contributed by atoms with van der Waals surface area (Å²) in [5.74, 6) is 1.51. The van der Waals surface area contributed by atoms with Gasteiger partial charge in [0.2, 0.25) is 0 Å². The fourth-order valence-corrected chi connectivity index (χ4v) is 4.84. The van der Waals surface area contributed by atoms with Crippen molar-refractivity contribution in [2.24, 2.45) is 0 Å². The van der Waals surface area contributed by atoms with Gasteiger partial charge in [-0.15, -0.1) is 0 Å². The molecule has 4 rings (SSSR count). The van der Waals surface area contributed by atoms with Gasteiger partial charge in [0.15, 0.2) is 18.0 Å². The van der Waals surface area contributed by atoms with Gasteiger partial charge in [0.05, 0.1) is 0 Å². The van der Waals surface area contributed by atoms with Crippen LogP contribution in [-0.2, 0) is 4.57 Å². The highest BCUT2D eigenvalue weighted by Crippen LogP contribution is 2.61. The number of benzene rings is 3. The summed E-state index contributed by atoms with van der Waals surface area (Å²) < 4.78 is 32.3. The molecule has 0 N–H and O–H groups in total. The molecular weight excluding hydrogens is 357 g/mol. The maximum atomic E-state index is 13.7. The Morgan fingerprint density at radius 1 is 0.760 bits per heavy atom. The summed E-state index contributed by atoms with van der Waals surface area (Å²) in [6.07, 6.45) is 0. The van der Waals surface area contributed by atoms with Crippen molar-refractivity contribution in [3.05, 3.63) is 84.9 Å². The minimum absolute atomic E-state index is 0.451. The molecule has 0 fully saturated rings. The first-order chi connectivity index (χ1) is 12.2. The summed E-state index contributed by atoms with van der Waals surface area (Å²) in [4.78, 5) is 0. The Morgan fingerprint density at radius 3 is 1.88 bits per heavy atom. The Bertz CT molecular complexity index is 862. The van der Waals surface area contributed by atoms with Gasteiger partial charge in [0.1, 0.15) is 17.2 Å². The smallest absolute Gasteiger partial charge is 0.403 e. The molecule has 7 heteroatoms. The van der Waals surface area contributed by atoms with Gasteiger partial charge < -0.3 is 13.2 Å². The van der Waals surface area contributed by atoms with Crippen molar-refractivity contribution in [3.8, 4) is 17.2 Å². The van der Waals surface area contributed by atoms with Gasteiger partial charge in [-0.05, 0) is 36.4 Å². The summed E-state index contributed by atoms with van der Waals surface area (Å²) in [7, 11) is -3.77. The Kier molecular flexibility index (Phi) is 4.30. The average Bonchev–Trinajstić information content (AvgIpc) is 3.08. The quantitative estimate of drug-likeness (QED) is 0.325. The van der Waals surface area contributed by atoms with Crippen LogP contribution in [0.3, 0.4) is 0 Å². The maximum Gasteiger partial charge on any atom is 0.557 e. The van der Waals surface area contributed by atoms with E-state index in [1.807, 2.05) is 54.6 Å². The fourth-order valence-electron chi connectivity index (χ4n) is 2.30. The van der Waals surface area contributed by atoms with E-state index in [0.29, 0.717) is 22.9 Å². The van der Waals surface area contributed by atoms with Gasteiger partial charge in [0, 0.05) is 0 Å². The van der Waals surface area contributed by atoms with Crippen LogP contribution >= 0.6 is 20.0 Å². The highest BCUT2D eigenvalue weighted by atomic mass is 32.2. The Hall–Kier alpha value is -2.56. The van der Waals surface area contributed by atoms with Crippen molar-refractivity contribution in [2.75, 3.05) is 4.08 Å². The first kappa shape index (κ1) is 15.9. The van der Waals surface area contributed by atoms with Crippen molar-refractivity contribution < 1.29 is 17.8 Å². The van der Waals surface area contributed by atoms with Gasteiger partial charge in [0.25, 0.3) is 0 Å². The third-order valence-electron chi connectivity index (χ3n) is 3.42. The molecule has 1 aliphatic rings. The largest absolute Gasteiger partial charge is 0.557 e. The van der Waals surface area contributed by atoms with Crippen LogP contribution in [0.4, 0.5) is 5.69 Å². The lowest BCUT2D eigenvalue weighted by Crippen LogP contribution is -2.17. The number of anilines is 1. The molecule has 0 saturated heterocycles. The molecule has 126 valence electrons. The highest BCUT2D eigenvalue weighted by molar-refractivity contribution is 8.03. The van der Waals surface area contributed by atoms with Crippen molar-refractivity contribution in [1.29, 1.82) is 0 Å². The van der Waals surface area contributed by atoms with Crippen LogP contribution in [0.15, 0.2) is 84.9 Å². The molecule has 0 radical (unpaired) electrons. The molecule has 3 aromatic rings. The number of nitrogens with zero attached hydrogens (tertiary/aromatic N) is 1. The van der Waals surface area contributed by atoms with Gasteiger partial charge >= 0.3 is 7.75 Å². The molecule has 3 aromatic carbocycles. The number of rotatable bonds is 5. The second-order valence-electron chi connectivity index (χ2n) is 5.18. The van der Waals surface area contributed by atoms with Gasteiger partial charge in [-0.2, -0.15) is 4.08 Å². The van der Waals surface area contributed by atoms with Gasteiger partial charge in [-0.1, -0.05) is 48.5 Å². The van der Waals surface area contributed by atoms with E-state index in [-0.39, 0.29) is 0 Å². The van der Waals surface area contributed by atoms with Crippen LogP contribution < -0.4 is 17.3 Å². The zero-order valence-corrected chi connectivity index (χ0v) is 14.7. The zero-order valence-electron chi connectivity index (χ0n) is 13.0. The van der Waals surface area contributed by atoms with Crippen LogP contribution in [0.2, 0.25) is 0 Å². The van der Waals surface area contributed by atoms with E-state index in [1.165, 1.54) is 4.08 Å². The summed E-state index contributed by atoms with van der Waals surface area (Å²) in [6, 6.07) is 25.2. The molecule has 0 aliphatic carbocycles. The predicted molar refractivity (Wildman–Crippen MR) is 98.9 cm³/mol. The van der Waals surface area contributed by atoms with Crippen LogP contribution in [-0.4, -0.2) is 0 Å². The molecule has 0 saturated carbocycles. The van der Waals surface area contributed by atoms with E-state index >= 15 is 0 Å². The fraction of sp³-hybridized carbons (Fsp3) is 0. The molecule has 25 heavy (non-hydrogen) atoms. The van der Waals surface area contributed by atoms with Crippen LogP contribution in [0.1, 0.15) is 0 Å². The molecule has 1 heterocycles. The Labute approximate surface area is 150 Å². The Balaban J connectivity index is 1.72. The first-order valence-corrected chi connectivity index (χ1v) is 9.78. The molecule has 1 aliphatic heterocycles. The average molecular weight is 371 g/mol. The molecule has 0 aromatic heterocycles. The second-order valence-corrected chi connectivity index (χ2v) is 7.83. The number of fused-ring (bicyclic) bond motifs is 1. The molecule has 5 nitrogen and oxygen atoms in total. The summed E-state index contributed by atoms with van der Waals surface area (Å²) in [5.41, 5.74) is 0.641. The lowest BCUT2D eigenvalue weighted by atomic mass is 10.3. The lowest BCUT2D eigenvalue weighted by molar-refractivity contribution is 0.389. The van der Waals surface area contributed by atoms with E-state index in [2.05, 4.69) is 0 Å². The maximum absolute atomic E-state index is 13.7. The van der Waals surface area contributed by atoms with Crippen molar-refractivity contribution in [3.63, 3.8) is 0 Å². The SMILES string of the molecule is O=P(Oc1ccccc1)(Oc1ccccc1)N1SOc2ccccc21. The van der Waals surface area contributed by atoms with Crippen molar-refractivity contribution in [1.82, 2.24) is 0 Å². The highest BCUT2D eigenvalue weighted by Gasteiger charge is 2.44. The second kappa shape index (κ2) is 6.75. The normalized spacial score (nSPS) is 13.0. The van der Waals surface area contributed by atoms with E-state index in [4.69, 9.17) is 13.2 Å². The Morgan fingerprint density at radius 2 is 1.28 bits per heavy atom. The van der Waals surface area contributed by atoms with E-state index in [9.17, 15) is 4.57 Å². The minimum Gasteiger partial charge on any atom is -0.403 e. The number of hydrogen-bond donors (Lipinski definition) is 0. The van der Waals surface area contributed by atoms with Crippen molar-refractivity contribution >= 4 is 25.7 Å². The number of hydrogen-bond acceptors (Lipinski definition) is 5.